The number of methoxy groups -OCH3 is 2. The predicted molar refractivity (Wildman–Crippen MR) is 99.4 cm³/mol. The van der Waals surface area contributed by atoms with Crippen molar-refractivity contribution in [2.24, 2.45) is 11.8 Å². The van der Waals surface area contributed by atoms with Crippen LogP contribution < -0.4 is 20.1 Å². The molecule has 1 saturated carbocycles. The minimum atomic E-state index is -0.535. The quantitative estimate of drug-likeness (QED) is 0.784. The molecule has 6 heteroatoms. The Hall–Kier alpha value is -3.28. The number of ether oxygens (including phenoxy) is 2. The highest BCUT2D eigenvalue weighted by Gasteiger charge is 2.52. The van der Waals surface area contributed by atoms with Crippen molar-refractivity contribution in [2.45, 2.75) is 0 Å². The van der Waals surface area contributed by atoms with Crippen molar-refractivity contribution in [1.82, 2.24) is 0 Å². The molecule has 0 spiro atoms. The monoisotopic (exact) mass is 352 g/mol. The topological polar surface area (TPSA) is 76.7 Å². The first kappa shape index (κ1) is 17.5. The molecule has 1 aliphatic carbocycles. The highest BCUT2D eigenvalue weighted by atomic mass is 16.5. The van der Waals surface area contributed by atoms with Gasteiger partial charge in [-0.25, -0.2) is 0 Å². The van der Waals surface area contributed by atoms with E-state index in [1.807, 2.05) is 0 Å². The van der Waals surface area contributed by atoms with E-state index in [-0.39, 0.29) is 11.8 Å². The van der Waals surface area contributed by atoms with Gasteiger partial charge in [0.05, 0.1) is 26.1 Å². The first-order valence-corrected chi connectivity index (χ1v) is 8.12. The Balaban J connectivity index is 1.62. The molecule has 0 bridgehead atoms. The molecule has 0 heterocycles. The lowest BCUT2D eigenvalue weighted by Gasteiger charge is -2.08. The summed E-state index contributed by atoms with van der Waals surface area (Å²) in [6.45, 7) is 3.85. The molecule has 2 aromatic carbocycles. The van der Waals surface area contributed by atoms with Crippen LogP contribution in [0.4, 0.5) is 11.4 Å². The molecule has 0 radical (unpaired) electrons. The summed E-state index contributed by atoms with van der Waals surface area (Å²) in [5, 5.41) is 5.59. The minimum Gasteiger partial charge on any atom is -0.497 e. The van der Waals surface area contributed by atoms with Gasteiger partial charge in [-0.1, -0.05) is 24.3 Å². The van der Waals surface area contributed by atoms with E-state index in [1.54, 1.807) is 62.8 Å². The van der Waals surface area contributed by atoms with Crippen molar-refractivity contribution in [3.63, 3.8) is 0 Å². The Bertz CT molecular complexity index is 793. The van der Waals surface area contributed by atoms with Crippen LogP contribution in [0, 0.1) is 11.8 Å². The molecule has 2 aromatic rings. The molecule has 2 N–H and O–H groups in total. The molecule has 134 valence electrons. The Morgan fingerprint density at radius 2 is 1.27 bits per heavy atom. The van der Waals surface area contributed by atoms with Crippen LogP contribution in [0.25, 0.3) is 0 Å². The van der Waals surface area contributed by atoms with Gasteiger partial charge in [0, 0.05) is 23.5 Å². The second-order valence-electron chi connectivity index (χ2n) is 5.97. The fraction of sp³-hybridized carbons (Fsp3) is 0.200. The zero-order valence-electron chi connectivity index (χ0n) is 14.6. The van der Waals surface area contributed by atoms with E-state index in [0.717, 1.165) is 0 Å². The molecule has 0 aromatic heterocycles. The van der Waals surface area contributed by atoms with Crippen LogP contribution in [-0.4, -0.2) is 26.0 Å². The molecule has 0 saturated heterocycles. The fourth-order valence-corrected chi connectivity index (χ4v) is 2.80. The number of carbonyl (C=O) groups is 2. The highest BCUT2D eigenvalue weighted by molar-refractivity contribution is 6.08. The third-order valence-corrected chi connectivity index (χ3v) is 4.26. The molecule has 1 fully saturated rings. The van der Waals surface area contributed by atoms with E-state index in [1.165, 1.54) is 0 Å². The summed E-state index contributed by atoms with van der Waals surface area (Å²) in [4.78, 5) is 24.9. The van der Waals surface area contributed by atoms with Crippen molar-refractivity contribution in [3.05, 3.63) is 60.7 Å². The van der Waals surface area contributed by atoms with Crippen molar-refractivity contribution in [1.29, 1.82) is 0 Å². The van der Waals surface area contributed by atoms with Crippen LogP contribution in [0.2, 0.25) is 0 Å². The van der Waals surface area contributed by atoms with Crippen LogP contribution in [0.3, 0.4) is 0 Å². The summed E-state index contributed by atoms with van der Waals surface area (Å²) in [6.07, 6.45) is 0. The molecule has 2 amide bonds. The van der Waals surface area contributed by atoms with E-state index in [0.29, 0.717) is 28.4 Å². The summed E-state index contributed by atoms with van der Waals surface area (Å²) in [5.74, 6) is -0.295. The maximum atomic E-state index is 12.4. The Labute approximate surface area is 151 Å². The zero-order chi connectivity index (χ0) is 18.7. The third kappa shape index (κ3) is 3.69. The Morgan fingerprint density at radius 1 is 0.846 bits per heavy atom. The third-order valence-electron chi connectivity index (χ3n) is 4.26. The lowest BCUT2D eigenvalue weighted by Crippen LogP contribution is -2.20. The molecule has 2 atom stereocenters. The molecule has 3 rings (SSSR count). The van der Waals surface area contributed by atoms with Crippen LogP contribution in [0.15, 0.2) is 60.7 Å². The molecule has 0 aliphatic heterocycles. The molecule has 26 heavy (non-hydrogen) atoms. The number of amides is 2. The number of hydrogen-bond acceptors (Lipinski definition) is 4. The second kappa shape index (κ2) is 7.31. The lowest BCUT2D eigenvalue weighted by atomic mass is 10.2. The van der Waals surface area contributed by atoms with Gasteiger partial charge < -0.3 is 20.1 Å². The van der Waals surface area contributed by atoms with E-state index in [2.05, 4.69) is 17.2 Å². The van der Waals surface area contributed by atoms with E-state index >= 15 is 0 Å². The maximum Gasteiger partial charge on any atom is 0.232 e. The smallest absolute Gasteiger partial charge is 0.232 e. The van der Waals surface area contributed by atoms with E-state index in [9.17, 15) is 9.59 Å². The van der Waals surface area contributed by atoms with Gasteiger partial charge in [-0.3, -0.25) is 9.59 Å². The van der Waals surface area contributed by atoms with Crippen LogP contribution in [0.1, 0.15) is 0 Å². The van der Waals surface area contributed by atoms with Gasteiger partial charge in [0.1, 0.15) is 11.5 Å². The molecular weight excluding hydrogens is 332 g/mol. The summed E-state index contributed by atoms with van der Waals surface area (Å²) in [5.41, 5.74) is 1.83. The lowest BCUT2D eigenvalue weighted by molar-refractivity contribution is -0.122. The van der Waals surface area contributed by atoms with Crippen molar-refractivity contribution < 1.29 is 19.1 Å². The molecule has 0 unspecified atom stereocenters. The number of carbonyl (C=O) groups excluding carboxylic acids is 2. The SMILES string of the molecule is C=C1[C@H](C(=O)Nc2cccc(OC)c2)[C@H]1C(=O)Nc1cccc(OC)c1. The molecular formula is C20H20N2O4. The standard InChI is InChI=1S/C20H20N2O4/c1-12-17(19(23)21-13-6-4-8-15(10-13)25-2)18(12)20(24)22-14-7-5-9-16(11-14)26-3/h4-11,17-18H,1H2,2-3H3,(H,21,23)(H,22,24)/t17-,18-/m0/s1. The average Bonchev–Trinajstić information content (AvgIpc) is 3.33. The number of hydrogen-bond donors (Lipinski definition) is 2. The minimum absolute atomic E-state index is 0.256. The van der Waals surface area contributed by atoms with Gasteiger partial charge >= 0.3 is 0 Å². The summed E-state index contributed by atoms with van der Waals surface area (Å²) in [7, 11) is 3.12. The number of benzene rings is 2. The number of rotatable bonds is 6. The van der Waals surface area contributed by atoms with Gasteiger partial charge in [-0.15, -0.1) is 0 Å². The summed E-state index contributed by atoms with van der Waals surface area (Å²) < 4.78 is 10.3. The van der Waals surface area contributed by atoms with E-state index < -0.39 is 11.8 Å². The highest BCUT2D eigenvalue weighted by Crippen LogP contribution is 2.45. The number of nitrogens with one attached hydrogen (secondary N) is 2. The summed E-state index contributed by atoms with van der Waals surface area (Å²) >= 11 is 0. The average molecular weight is 352 g/mol. The first-order valence-electron chi connectivity index (χ1n) is 8.12. The van der Waals surface area contributed by atoms with Crippen molar-refractivity contribution in [2.75, 3.05) is 24.9 Å². The first-order chi connectivity index (χ1) is 12.5. The number of anilines is 2. The zero-order valence-corrected chi connectivity index (χ0v) is 14.6. The van der Waals surface area contributed by atoms with Crippen LogP contribution >= 0.6 is 0 Å². The van der Waals surface area contributed by atoms with Gasteiger partial charge in [0.15, 0.2) is 0 Å². The largest absolute Gasteiger partial charge is 0.497 e. The Morgan fingerprint density at radius 3 is 1.65 bits per heavy atom. The maximum absolute atomic E-state index is 12.4. The van der Waals surface area contributed by atoms with Crippen LogP contribution in [-0.2, 0) is 9.59 Å². The van der Waals surface area contributed by atoms with Crippen molar-refractivity contribution >= 4 is 23.2 Å². The summed E-state index contributed by atoms with van der Waals surface area (Å²) in [6, 6.07) is 14.1. The van der Waals surface area contributed by atoms with Gasteiger partial charge in [0.25, 0.3) is 0 Å². The normalized spacial score (nSPS) is 18.0. The van der Waals surface area contributed by atoms with Crippen LogP contribution in [0.5, 0.6) is 11.5 Å². The van der Waals surface area contributed by atoms with Gasteiger partial charge in [-0.05, 0) is 24.3 Å². The molecule has 6 nitrogen and oxygen atoms in total. The fourth-order valence-electron chi connectivity index (χ4n) is 2.80. The van der Waals surface area contributed by atoms with Gasteiger partial charge in [0.2, 0.25) is 11.8 Å². The Kier molecular flexibility index (Phi) is 4.93. The predicted octanol–water partition coefficient (Wildman–Crippen LogP) is 3.08. The van der Waals surface area contributed by atoms with Crippen molar-refractivity contribution in [3.8, 4) is 11.5 Å². The second-order valence-corrected chi connectivity index (χ2v) is 5.97. The van der Waals surface area contributed by atoms with E-state index in [4.69, 9.17) is 9.47 Å². The van der Waals surface area contributed by atoms with Gasteiger partial charge in [-0.2, -0.15) is 0 Å². The molecule has 1 aliphatic rings.